The van der Waals surface area contributed by atoms with Crippen molar-refractivity contribution in [2.45, 2.75) is 31.0 Å². The van der Waals surface area contributed by atoms with Gasteiger partial charge in [-0.1, -0.05) is 17.8 Å². The molecule has 5 heteroatoms. The number of nitrogens with one attached hydrogen (secondary N) is 1. The lowest BCUT2D eigenvalue weighted by Gasteiger charge is -2.12. The van der Waals surface area contributed by atoms with Crippen molar-refractivity contribution in [1.82, 2.24) is 14.7 Å². The second-order valence-corrected chi connectivity index (χ2v) is 5.96. The first-order valence-electron chi connectivity index (χ1n) is 6.58. The third-order valence-corrected chi connectivity index (χ3v) is 4.42. The fraction of sp³-hybridized carbons (Fsp3) is 0.429. The maximum Gasteiger partial charge on any atom is 0.230 e. The molecular weight excluding hydrogens is 258 g/mol. The van der Waals surface area contributed by atoms with Crippen molar-refractivity contribution < 1.29 is 4.79 Å². The molecule has 0 aromatic carbocycles. The summed E-state index contributed by atoms with van der Waals surface area (Å²) in [6, 6.07) is 6.26. The molecule has 1 aliphatic carbocycles. The first-order chi connectivity index (χ1) is 9.24. The predicted molar refractivity (Wildman–Crippen MR) is 76.2 cm³/mol. The van der Waals surface area contributed by atoms with Gasteiger partial charge in [-0.3, -0.25) is 9.20 Å². The number of hydrogen-bond acceptors (Lipinski definition) is 3. The summed E-state index contributed by atoms with van der Waals surface area (Å²) in [5.41, 5.74) is 1.05. The minimum absolute atomic E-state index is 0.0945. The van der Waals surface area contributed by atoms with Gasteiger partial charge in [-0.05, 0) is 37.8 Å². The molecule has 1 aliphatic rings. The first-order valence-corrected chi connectivity index (χ1v) is 7.57. The second kappa shape index (κ2) is 5.25. The number of imidazole rings is 1. The van der Waals surface area contributed by atoms with Crippen LogP contribution < -0.4 is 5.32 Å². The molecule has 2 aromatic heterocycles. The zero-order chi connectivity index (χ0) is 13.2. The molecule has 1 unspecified atom stereocenters. The lowest BCUT2D eigenvalue weighted by molar-refractivity contribution is -0.119. The van der Waals surface area contributed by atoms with Crippen LogP contribution in [-0.2, 0) is 4.79 Å². The summed E-state index contributed by atoms with van der Waals surface area (Å²) in [6.45, 7) is 2.09. The van der Waals surface area contributed by atoms with Crippen molar-refractivity contribution in [3.05, 3.63) is 30.6 Å². The smallest absolute Gasteiger partial charge is 0.230 e. The quantitative estimate of drug-likeness (QED) is 0.852. The van der Waals surface area contributed by atoms with E-state index in [0.29, 0.717) is 17.7 Å². The Labute approximate surface area is 116 Å². The van der Waals surface area contributed by atoms with Gasteiger partial charge in [0.05, 0.1) is 17.5 Å². The van der Waals surface area contributed by atoms with Crippen molar-refractivity contribution in [3.63, 3.8) is 0 Å². The molecule has 1 fully saturated rings. The van der Waals surface area contributed by atoms with Gasteiger partial charge in [0.15, 0.2) is 5.16 Å². The van der Waals surface area contributed by atoms with Crippen LogP contribution in [0.25, 0.3) is 5.52 Å². The minimum Gasteiger partial charge on any atom is -0.353 e. The summed E-state index contributed by atoms with van der Waals surface area (Å²) < 4.78 is 2.00. The van der Waals surface area contributed by atoms with Gasteiger partial charge in [0.1, 0.15) is 0 Å². The van der Waals surface area contributed by atoms with Gasteiger partial charge in [-0.15, -0.1) is 0 Å². The van der Waals surface area contributed by atoms with Crippen LogP contribution in [0.1, 0.15) is 19.8 Å². The van der Waals surface area contributed by atoms with E-state index in [1.807, 2.05) is 35.0 Å². The zero-order valence-corrected chi connectivity index (χ0v) is 11.7. The molecule has 1 saturated carbocycles. The standard InChI is InChI=1S/C14H17N3OS/c1-10(11-5-6-11)16-13(18)9-19-14-15-8-12-4-2-3-7-17(12)14/h2-4,7-8,10-11H,5-6,9H2,1H3,(H,16,18). The number of thioether (sulfide) groups is 1. The van der Waals surface area contributed by atoms with Crippen LogP contribution in [0.5, 0.6) is 0 Å². The van der Waals surface area contributed by atoms with E-state index in [0.717, 1.165) is 10.7 Å². The topological polar surface area (TPSA) is 46.4 Å². The molecule has 0 spiro atoms. The van der Waals surface area contributed by atoms with Crippen LogP contribution >= 0.6 is 11.8 Å². The third kappa shape index (κ3) is 2.92. The molecule has 1 atom stereocenters. The number of amides is 1. The fourth-order valence-corrected chi connectivity index (χ4v) is 2.94. The van der Waals surface area contributed by atoms with E-state index in [1.165, 1.54) is 24.6 Å². The average Bonchev–Trinajstić information content (AvgIpc) is 3.18. The van der Waals surface area contributed by atoms with Gasteiger partial charge in [0, 0.05) is 12.2 Å². The molecule has 2 heterocycles. The minimum atomic E-state index is 0.0945. The maximum absolute atomic E-state index is 11.8. The van der Waals surface area contributed by atoms with Crippen LogP contribution in [-0.4, -0.2) is 27.1 Å². The molecular formula is C14H17N3OS. The lowest BCUT2D eigenvalue weighted by atomic mass is 10.2. The van der Waals surface area contributed by atoms with Crippen LogP contribution in [0.2, 0.25) is 0 Å². The van der Waals surface area contributed by atoms with E-state index in [1.54, 1.807) is 0 Å². The third-order valence-electron chi connectivity index (χ3n) is 3.45. The normalized spacial score (nSPS) is 16.5. The highest BCUT2D eigenvalue weighted by Crippen LogP contribution is 2.32. The molecule has 0 bridgehead atoms. The van der Waals surface area contributed by atoms with E-state index in [2.05, 4.69) is 17.2 Å². The number of fused-ring (bicyclic) bond motifs is 1. The van der Waals surface area contributed by atoms with Crippen molar-refractivity contribution >= 4 is 23.2 Å². The summed E-state index contributed by atoms with van der Waals surface area (Å²) in [5, 5.41) is 3.92. The van der Waals surface area contributed by atoms with E-state index < -0.39 is 0 Å². The second-order valence-electron chi connectivity index (χ2n) is 5.02. The van der Waals surface area contributed by atoms with Crippen LogP contribution in [0.15, 0.2) is 35.7 Å². The van der Waals surface area contributed by atoms with Gasteiger partial charge in [-0.25, -0.2) is 4.98 Å². The number of aromatic nitrogens is 2. The Bertz CT molecular complexity index is 591. The summed E-state index contributed by atoms with van der Waals surface area (Å²) >= 11 is 1.48. The Morgan fingerprint density at radius 1 is 1.58 bits per heavy atom. The molecule has 0 saturated heterocycles. The number of carbonyl (C=O) groups is 1. The Kier molecular flexibility index (Phi) is 3.46. The Balaban J connectivity index is 1.58. The number of hydrogen-bond donors (Lipinski definition) is 1. The molecule has 0 radical (unpaired) electrons. The van der Waals surface area contributed by atoms with E-state index in [-0.39, 0.29) is 5.91 Å². The highest BCUT2D eigenvalue weighted by molar-refractivity contribution is 7.99. The summed E-state index contributed by atoms with van der Waals surface area (Å²) in [4.78, 5) is 16.2. The average molecular weight is 275 g/mol. The molecule has 1 amide bonds. The summed E-state index contributed by atoms with van der Waals surface area (Å²) in [7, 11) is 0. The Morgan fingerprint density at radius 3 is 3.21 bits per heavy atom. The molecule has 19 heavy (non-hydrogen) atoms. The van der Waals surface area contributed by atoms with Crippen molar-refractivity contribution in [3.8, 4) is 0 Å². The number of nitrogens with zero attached hydrogens (tertiary/aromatic N) is 2. The van der Waals surface area contributed by atoms with Crippen LogP contribution in [0.3, 0.4) is 0 Å². The number of pyridine rings is 1. The molecule has 100 valence electrons. The summed E-state index contributed by atoms with van der Waals surface area (Å²) in [5.74, 6) is 1.21. The maximum atomic E-state index is 11.8. The first kappa shape index (κ1) is 12.5. The Hall–Kier alpha value is -1.49. The molecule has 3 rings (SSSR count). The summed E-state index contributed by atoms with van der Waals surface area (Å²) in [6.07, 6.45) is 6.29. The van der Waals surface area contributed by atoms with Gasteiger partial charge in [0.25, 0.3) is 0 Å². The highest BCUT2D eigenvalue weighted by atomic mass is 32.2. The van der Waals surface area contributed by atoms with Crippen LogP contribution in [0.4, 0.5) is 0 Å². The molecule has 0 aliphatic heterocycles. The Morgan fingerprint density at radius 2 is 2.42 bits per heavy atom. The van der Waals surface area contributed by atoms with Gasteiger partial charge in [-0.2, -0.15) is 0 Å². The van der Waals surface area contributed by atoms with Crippen LogP contribution in [0, 0.1) is 5.92 Å². The van der Waals surface area contributed by atoms with Gasteiger partial charge >= 0.3 is 0 Å². The fourth-order valence-electron chi connectivity index (χ4n) is 2.17. The van der Waals surface area contributed by atoms with E-state index in [9.17, 15) is 4.79 Å². The number of rotatable bonds is 5. The molecule has 1 N–H and O–H groups in total. The molecule has 2 aromatic rings. The molecule has 4 nitrogen and oxygen atoms in total. The van der Waals surface area contributed by atoms with E-state index >= 15 is 0 Å². The largest absolute Gasteiger partial charge is 0.353 e. The zero-order valence-electron chi connectivity index (χ0n) is 10.9. The highest BCUT2D eigenvalue weighted by Gasteiger charge is 2.28. The SMILES string of the molecule is CC(NC(=O)CSc1ncc2ccccn12)C1CC1. The predicted octanol–water partition coefficient (Wildman–Crippen LogP) is 2.34. The van der Waals surface area contributed by atoms with Crippen molar-refractivity contribution in [1.29, 1.82) is 0 Å². The number of carbonyl (C=O) groups excluding carboxylic acids is 1. The van der Waals surface area contributed by atoms with Gasteiger partial charge in [0.2, 0.25) is 5.91 Å². The monoisotopic (exact) mass is 275 g/mol. The van der Waals surface area contributed by atoms with Gasteiger partial charge < -0.3 is 5.32 Å². The van der Waals surface area contributed by atoms with Crippen molar-refractivity contribution in [2.24, 2.45) is 5.92 Å². The lowest BCUT2D eigenvalue weighted by Crippen LogP contribution is -2.35. The van der Waals surface area contributed by atoms with Crippen molar-refractivity contribution in [2.75, 3.05) is 5.75 Å². The van der Waals surface area contributed by atoms with E-state index in [4.69, 9.17) is 0 Å².